The van der Waals surface area contributed by atoms with Gasteiger partial charge in [-0.3, -0.25) is 4.79 Å². The lowest BCUT2D eigenvalue weighted by Gasteiger charge is -2.15. The number of benzene rings is 2. The first-order chi connectivity index (χ1) is 13.3. The topological polar surface area (TPSA) is 70.2 Å². The molecule has 0 unspecified atom stereocenters. The van der Waals surface area contributed by atoms with Crippen LogP contribution in [0, 0.1) is 18.6 Å². The van der Waals surface area contributed by atoms with Crippen molar-refractivity contribution in [2.24, 2.45) is 0 Å². The summed E-state index contributed by atoms with van der Waals surface area (Å²) in [6.07, 6.45) is 3.93. The smallest absolute Gasteiger partial charge is 0.319 e. The Hall–Kier alpha value is -2.48. The monoisotopic (exact) mass is 451 g/mol. The quantitative estimate of drug-likeness (QED) is 0.585. The van der Waals surface area contributed by atoms with E-state index >= 15 is 0 Å². The minimum absolute atomic E-state index is 0.0861. The summed E-state index contributed by atoms with van der Waals surface area (Å²) in [4.78, 5) is 24.7. The van der Waals surface area contributed by atoms with Crippen LogP contribution in [0.3, 0.4) is 0 Å². The highest BCUT2D eigenvalue weighted by atomic mass is 79.9. The van der Waals surface area contributed by atoms with Crippen molar-refractivity contribution in [3.63, 3.8) is 0 Å². The van der Waals surface area contributed by atoms with Crippen molar-refractivity contribution in [1.82, 2.24) is 5.32 Å². The molecule has 2 aromatic carbocycles. The summed E-state index contributed by atoms with van der Waals surface area (Å²) in [5.74, 6) is -1.56. The van der Waals surface area contributed by atoms with Gasteiger partial charge in [-0.05, 0) is 71.6 Å². The highest BCUT2D eigenvalue weighted by molar-refractivity contribution is 9.10. The maximum Gasteiger partial charge on any atom is 0.319 e. The molecule has 0 radical (unpaired) electrons. The van der Waals surface area contributed by atoms with Gasteiger partial charge in [-0.2, -0.15) is 0 Å². The lowest BCUT2D eigenvalue weighted by Crippen LogP contribution is -2.36. The maximum absolute atomic E-state index is 14.2. The third-order valence-electron chi connectivity index (χ3n) is 4.66. The standard InChI is InChI=1S/C20H20BrF2N3O2/c1-11-8-13(6-7-16(11)22)24-19(27)14-9-18(17(23)10-15(14)21)26-20(28)25-12-4-2-3-5-12/h6-10,12H,2-5H2,1H3,(H,24,27)(H2,25,26,28). The molecule has 0 atom stereocenters. The van der Waals surface area contributed by atoms with Crippen LogP contribution in [-0.4, -0.2) is 18.0 Å². The first kappa shape index (κ1) is 20.3. The number of carbonyl (C=O) groups excluding carboxylic acids is 2. The molecule has 0 aromatic heterocycles. The van der Waals surface area contributed by atoms with Crippen LogP contribution in [0.1, 0.15) is 41.6 Å². The number of carbonyl (C=O) groups is 2. The van der Waals surface area contributed by atoms with Gasteiger partial charge in [0.05, 0.1) is 11.3 Å². The second-order valence-corrected chi connectivity index (χ2v) is 7.66. The predicted octanol–water partition coefficient (Wildman–Crippen LogP) is 5.35. The van der Waals surface area contributed by atoms with Crippen LogP contribution < -0.4 is 16.0 Å². The van der Waals surface area contributed by atoms with Gasteiger partial charge in [0.2, 0.25) is 0 Å². The predicted molar refractivity (Wildman–Crippen MR) is 108 cm³/mol. The number of anilines is 2. The van der Waals surface area contributed by atoms with Crippen LogP contribution in [0.4, 0.5) is 25.0 Å². The largest absolute Gasteiger partial charge is 0.335 e. The fourth-order valence-corrected chi connectivity index (χ4v) is 3.65. The molecule has 1 aliphatic carbocycles. The number of urea groups is 1. The van der Waals surface area contributed by atoms with E-state index in [1.54, 1.807) is 6.92 Å². The minimum atomic E-state index is -0.664. The minimum Gasteiger partial charge on any atom is -0.335 e. The molecular formula is C20H20BrF2N3O2. The van der Waals surface area contributed by atoms with Gasteiger partial charge in [0.15, 0.2) is 0 Å². The van der Waals surface area contributed by atoms with Gasteiger partial charge in [0.25, 0.3) is 5.91 Å². The van der Waals surface area contributed by atoms with Crippen molar-refractivity contribution >= 4 is 39.2 Å². The molecule has 3 rings (SSSR count). The van der Waals surface area contributed by atoms with E-state index in [0.29, 0.717) is 11.3 Å². The van der Waals surface area contributed by atoms with E-state index in [9.17, 15) is 18.4 Å². The van der Waals surface area contributed by atoms with Gasteiger partial charge in [-0.15, -0.1) is 0 Å². The summed E-state index contributed by atoms with van der Waals surface area (Å²) in [7, 11) is 0. The highest BCUT2D eigenvalue weighted by Gasteiger charge is 2.20. The average Bonchev–Trinajstić information content (AvgIpc) is 3.13. The number of nitrogens with one attached hydrogen (secondary N) is 3. The molecule has 8 heteroatoms. The van der Waals surface area contributed by atoms with Crippen LogP contribution in [0.15, 0.2) is 34.8 Å². The van der Waals surface area contributed by atoms with Crippen molar-refractivity contribution in [2.75, 3.05) is 10.6 Å². The summed E-state index contributed by atoms with van der Waals surface area (Å²) in [5, 5.41) is 7.91. The summed E-state index contributed by atoms with van der Waals surface area (Å²) in [6, 6.07) is 6.15. The summed E-state index contributed by atoms with van der Waals surface area (Å²) >= 11 is 3.17. The molecule has 5 nitrogen and oxygen atoms in total. The van der Waals surface area contributed by atoms with E-state index in [2.05, 4.69) is 31.9 Å². The third-order valence-corrected chi connectivity index (χ3v) is 5.31. The van der Waals surface area contributed by atoms with Gasteiger partial charge in [-0.1, -0.05) is 12.8 Å². The first-order valence-electron chi connectivity index (χ1n) is 8.97. The molecule has 0 saturated heterocycles. The lowest BCUT2D eigenvalue weighted by molar-refractivity contribution is 0.102. The molecule has 0 heterocycles. The van der Waals surface area contributed by atoms with Gasteiger partial charge in [0, 0.05) is 16.2 Å². The summed E-state index contributed by atoms with van der Waals surface area (Å²) in [6.45, 7) is 1.59. The number of amides is 3. The molecule has 0 spiro atoms. The summed E-state index contributed by atoms with van der Waals surface area (Å²) < 4.78 is 27.9. The van der Waals surface area contributed by atoms with Gasteiger partial charge in [-0.25, -0.2) is 13.6 Å². The first-order valence-corrected chi connectivity index (χ1v) is 9.77. The van der Waals surface area contributed by atoms with Crippen LogP contribution in [0.5, 0.6) is 0 Å². The molecular weight excluding hydrogens is 432 g/mol. The number of aryl methyl sites for hydroxylation is 1. The zero-order valence-electron chi connectivity index (χ0n) is 15.2. The molecule has 2 aromatic rings. The zero-order chi connectivity index (χ0) is 20.3. The van der Waals surface area contributed by atoms with Crippen molar-refractivity contribution in [3.8, 4) is 0 Å². The van der Waals surface area contributed by atoms with Crippen LogP contribution in [-0.2, 0) is 0 Å². The maximum atomic E-state index is 14.2. The fraction of sp³-hybridized carbons (Fsp3) is 0.300. The van der Waals surface area contributed by atoms with Crippen molar-refractivity contribution < 1.29 is 18.4 Å². The Morgan fingerprint density at radius 3 is 2.43 bits per heavy atom. The van der Waals surface area contributed by atoms with E-state index in [-0.39, 0.29) is 27.6 Å². The number of rotatable bonds is 4. The van der Waals surface area contributed by atoms with Gasteiger partial charge >= 0.3 is 6.03 Å². The number of halogens is 3. The highest BCUT2D eigenvalue weighted by Crippen LogP contribution is 2.26. The molecule has 1 saturated carbocycles. The summed E-state index contributed by atoms with van der Waals surface area (Å²) in [5.41, 5.74) is 0.842. The molecule has 1 fully saturated rings. The van der Waals surface area contributed by atoms with Crippen LogP contribution in [0.2, 0.25) is 0 Å². The Labute approximate surface area is 170 Å². The Morgan fingerprint density at radius 1 is 1.04 bits per heavy atom. The Morgan fingerprint density at radius 2 is 1.75 bits per heavy atom. The van der Waals surface area contributed by atoms with E-state index in [1.807, 2.05) is 0 Å². The second-order valence-electron chi connectivity index (χ2n) is 6.81. The van der Waals surface area contributed by atoms with Gasteiger partial charge in [0.1, 0.15) is 11.6 Å². The van der Waals surface area contributed by atoms with Crippen molar-refractivity contribution in [1.29, 1.82) is 0 Å². The molecule has 0 aliphatic heterocycles. The lowest BCUT2D eigenvalue weighted by atomic mass is 10.1. The second kappa shape index (κ2) is 8.68. The Balaban J connectivity index is 1.75. The number of hydrogen-bond donors (Lipinski definition) is 3. The van der Waals surface area contributed by atoms with Gasteiger partial charge < -0.3 is 16.0 Å². The van der Waals surface area contributed by atoms with Crippen molar-refractivity contribution in [3.05, 3.63) is 57.6 Å². The zero-order valence-corrected chi connectivity index (χ0v) is 16.8. The van der Waals surface area contributed by atoms with Crippen molar-refractivity contribution in [2.45, 2.75) is 38.6 Å². The molecule has 3 N–H and O–H groups in total. The molecule has 3 amide bonds. The molecule has 148 valence electrons. The van der Waals surface area contributed by atoms with Crippen LogP contribution in [0.25, 0.3) is 0 Å². The fourth-order valence-electron chi connectivity index (χ4n) is 3.15. The van der Waals surface area contributed by atoms with Crippen LogP contribution >= 0.6 is 15.9 Å². The SMILES string of the molecule is Cc1cc(NC(=O)c2cc(NC(=O)NC3CCCC3)c(F)cc2Br)ccc1F. The Kier molecular flexibility index (Phi) is 6.28. The number of hydrogen-bond acceptors (Lipinski definition) is 2. The van der Waals surface area contributed by atoms with E-state index < -0.39 is 17.8 Å². The third kappa shape index (κ3) is 4.86. The molecule has 0 bridgehead atoms. The average molecular weight is 452 g/mol. The molecule has 28 heavy (non-hydrogen) atoms. The molecule has 1 aliphatic rings. The van der Waals surface area contributed by atoms with E-state index in [0.717, 1.165) is 31.7 Å². The van der Waals surface area contributed by atoms with E-state index in [1.165, 1.54) is 24.3 Å². The Bertz CT molecular complexity index is 915. The van der Waals surface area contributed by atoms with E-state index in [4.69, 9.17) is 0 Å². The normalized spacial score (nSPS) is 14.0.